The van der Waals surface area contributed by atoms with E-state index < -0.39 is 0 Å². The topological polar surface area (TPSA) is 75.9 Å². The Hall–Kier alpha value is -3.00. The van der Waals surface area contributed by atoms with E-state index in [0.717, 1.165) is 69.4 Å². The summed E-state index contributed by atoms with van der Waals surface area (Å²) in [5.41, 5.74) is 2.71. The first-order valence-electron chi connectivity index (χ1n) is 10.2. The van der Waals surface area contributed by atoms with Gasteiger partial charge in [0.05, 0.1) is 25.1 Å². The Kier molecular flexibility index (Phi) is 4.85. The van der Waals surface area contributed by atoms with E-state index in [-0.39, 0.29) is 11.8 Å². The summed E-state index contributed by atoms with van der Waals surface area (Å²) in [5.74, 6) is 1.23. The zero-order chi connectivity index (χ0) is 19.6. The van der Waals surface area contributed by atoms with Gasteiger partial charge in [0, 0.05) is 50.1 Å². The highest BCUT2D eigenvalue weighted by Crippen LogP contribution is 2.27. The van der Waals surface area contributed by atoms with Crippen molar-refractivity contribution >= 4 is 17.2 Å². The van der Waals surface area contributed by atoms with Crippen molar-refractivity contribution in [2.24, 2.45) is 0 Å². The molecular formula is C21H24N6O2. The van der Waals surface area contributed by atoms with Gasteiger partial charge in [-0.3, -0.25) is 9.78 Å². The smallest absolute Gasteiger partial charge is 0.253 e. The molecule has 0 aromatic carbocycles. The summed E-state index contributed by atoms with van der Waals surface area (Å²) in [6, 6.07) is 7.67. The van der Waals surface area contributed by atoms with Crippen molar-refractivity contribution in [2.45, 2.75) is 18.8 Å². The molecule has 0 atom stereocenters. The van der Waals surface area contributed by atoms with Gasteiger partial charge in [0.1, 0.15) is 0 Å². The molecule has 2 saturated heterocycles. The Balaban J connectivity index is 1.27. The minimum atomic E-state index is 0.0731. The Morgan fingerprint density at radius 2 is 1.76 bits per heavy atom. The number of fused-ring (bicyclic) bond motifs is 1. The van der Waals surface area contributed by atoms with Crippen LogP contribution in [0.5, 0.6) is 0 Å². The molecule has 8 heteroatoms. The zero-order valence-electron chi connectivity index (χ0n) is 16.3. The number of piperidine rings is 1. The summed E-state index contributed by atoms with van der Waals surface area (Å²) in [4.78, 5) is 25.6. The highest BCUT2D eigenvalue weighted by Gasteiger charge is 2.27. The molecule has 0 radical (unpaired) electrons. The molecule has 8 nitrogen and oxygen atoms in total. The van der Waals surface area contributed by atoms with Gasteiger partial charge in [0.25, 0.3) is 5.91 Å². The third-order valence-corrected chi connectivity index (χ3v) is 5.78. The second-order valence-electron chi connectivity index (χ2n) is 7.56. The van der Waals surface area contributed by atoms with Gasteiger partial charge >= 0.3 is 0 Å². The molecule has 5 rings (SSSR count). The number of aromatic nitrogens is 4. The average Bonchev–Trinajstić information content (AvgIpc) is 3.23. The van der Waals surface area contributed by atoms with Gasteiger partial charge in [-0.25, -0.2) is 9.50 Å². The first kappa shape index (κ1) is 18.1. The predicted molar refractivity (Wildman–Crippen MR) is 108 cm³/mol. The summed E-state index contributed by atoms with van der Waals surface area (Å²) in [5, 5.41) is 4.76. The first-order chi connectivity index (χ1) is 14.3. The van der Waals surface area contributed by atoms with Gasteiger partial charge in [0.2, 0.25) is 0 Å². The Morgan fingerprint density at radius 3 is 2.52 bits per heavy atom. The van der Waals surface area contributed by atoms with Crippen LogP contribution in [-0.2, 0) is 4.74 Å². The van der Waals surface area contributed by atoms with Crippen LogP contribution < -0.4 is 4.90 Å². The Morgan fingerprint density at radius 1 is 1.00 bits per heavy atom. The van der Waals surface area contributed by atoms with Gasteiger partial charge in [-0.1, -0.05) is 0 Å². The lowest BCUT2D eigenvalue weighted by Gasteiger charge is -2.30. The van der Waals surface area contributed by atoms with Gasteiger partial charge in [-0.2, -0.15) is 5.10 Å². The highest BCUT2D eigenvalue weighted by atomic mass is 16.5. The molecule has 3 aromatic rings. The molecule has 0 unspecified atom stereocenters. The number of carbonyl (C=O) groups excluding carboxylic acids is 1. The number of ether oxygens (including phenoxy) is 1. The van der Waals surface area contributed by atoms with Crippen molar-refractivity contribution in [3.63, 3.8) is 0 Å². The van der Waals surface area contributed by atoms with Crippen molar-refractivity contribution < 1.29 is 9.53 Å². The number of hydrogen-bond donors (Lipinski definition) is 0. The van der Waals surface area contributed by atoms with E-state index in [1.807, 2.05) is 15.5 Å². The summed E-state index contributed by atoms with van der Waals surface area (Å²) in [7, 11) is 0. The number of anilines is 1. The third kappa shape index (κ3) is 3.67. The molecule has 0 N–H and O–H groups in total. The lowest BCUT2D eigenvalue weighted by atomic mass is 9.96. The summed E-state index contributed by atoms with van der Waals surface area (Å²) in [6.07, 6.45) is 7.13. The van der Waals surface area contributed by atoms with Crippen LogP contribution >= 0.6 is 0 Å². The molecule has 1 amide bonds. The number of carbonyl (C=O) groups is 1. The summed E-state index contributed by atoms with van der Waals surface area (Å²) >= 11 is 0. The molecule has 29 heavy (non-hydrogen) atoms. The number of hydrogen-bond acceptors (Lipinski definition) is 6. The van der Waals surface area contributed by atoms with Crippen molar-refractivity contribution in [2.75, 3.05) is 44.3 Å². The SMILES string of the molecule is O=C(c1ccncc1)N1CCC(c2nc3ccc(N4CCOCC4)cn3n2)CC1. The van der Waals surface area contributed by atoms with Crippen LogP contribution in [0.25, 0.3) is 5.65 Å². The minimum Gasteiger partial charge on any atom is -0.378 e. The third-order valence-electron chi connectivity index (χ3n) is 5.78. The van der Waals surface area contributed by atoms with E-state index >= 15 is 0 Å². The van der Waals surface area contributed by atoms with Crippen LogP contribution in [0.3, 0.4) is 0 Å². The predicted octanol–water partition coefficient (Wildman–Crippen LogP) is 1.98. The molecule has 3 aromatic heterocycles. The van der Waals surface area contributed by atoms with E-state index in [1.165, 1.54) is 0 Å². The molecule has 0 bridgehead atoms. The lowest BCUT2D eigenvalue weighted by Crippen LogP contribution is -2.38. The Labute approximate surface area is 169 Å². The van der Waals surface area contributed by atoms with Gasteiger partial charge in [0.15, 0.2) is 11.5 Å². The van der Waals surface area contributed by atoms with Crippen LogP contribution in [0.15, 0.2) is 42.9 Å². The van der Waals surface area contributed by atoms with Crippen LogP contribution in [0.4, 0.5) is 5.69 Å². The maximum Gasteiger partial charge on any atom is 0.253 e. The lowest BCUT2D eigenvalue weighted by molar-refractivity contribution is 0.0711. The number of morpholine rings is 1. The fraction of sp³-hybridized carbons (Fsp3) is 0.429. The number of rotatable bonds is 3. The van der Waals surface area contributed by atoms with Crippen molar-refractivity contribution in [3.05, 3.63) is 54.2 Å². The molecule has 0 spiro atoms. The molecular weight excluding hydrogens is 368 g/mol. The van der Waals surface area contributed by atoms with Crippen molar-refractivity contribution in [1.82, 2.24) is 24.5 Å². The van der Waals surface area contributed by atoms with Gasteiger partial charge in [-0.05, 0) is 37.1 Å². The zero-order valence-corrected chi connectivity index (χ0v) is 16.3. The standard InChI is InChI=1S/C21H24N6O2/c28-21(17-3-7-22-8-4-17)26-9-5-16(6-10-26)20-23-19-2-1-18(15-27(19)24-20)25-11-13-29-14-12-25/h1-4,7-8,15-16H,5-6,9-14H2. The van der Waals surface area contributed by atoms with E-state index in [2.05, 4.69) is 22.1 Å². The minimum absolute atomic E-state index is 0.0731. The van der Waals surface area contributed by atoms with E-state index in [1.54, 1.807) is 24.5 Å². The number of nitrogens with zero attached hydrogens (tertiary/aromatic N) is 6. The maximum atomic E-state index is 12.6. The first-order valence-corrected chi connectivity index (χ1v) is 10.2. The van der Waals surface area contributed by atoms with Crippen molar-refractivity contribution in [1.29, 1.82) is 0 Å². The van der Waals surface area contributed by atoms with Crippen LogP contribution in [0.1, 0.15) is 34.9 Å². The number of likely N-dealkylation sites (tertiary alicyclic amines) is 1. The second kappa shape index (κ2) is 7.79. The average molecular weight is 392 g/mol. The molecule has 2 aliphatic heterocycles. The normalized spacial score (nSPS) is 18.3. The quantitative estimate of drug-likeness (QED) is 0.679. The van der Waals surface area contributed by atoms with Gasteiger partial charge < -0.3 is 14.5 Å². The van der Waals surface area contributed by atoms with Crippen LogP contribution in [-0.4, -0.2) is 69.8 Å². The summed E-state index contributed by atoms with van der Waals surface area (Å²) in [6.45, 7) is 4.77. The molecule has 2 fully saturated rings. The molecule has 5 heterocycles. The monoisotopic (exact) mass is 392 g/mol. The fourth-order valence-electron chi connectivity index (χ4n) is 4.09. The largest absolute Gasteiger partial charge is 0.378 e. The van der Waals surface area contributed by atoms with E-state index in [4.69, 9.17) is 14.8 Å². The Bertz CT molecular complexity index is 991. The molecule has 150 valence electrons. The highest BCUT2D eigenvalue weighted by molar-refractivity contribution is 5.94. The number of amides is 1. The van der Waals surface area contributed by atoms with Crippen LogP contribution in [0, 0.1) is 0 Å². The second-order valence-corrected chi connectivity index (χ2v) is 7.56. The van der Waals surface area contributed by atoms with Crippen LogP contribution in [0.2, 0.25) is 0 Å². The van der Waals surface area contributed by atoms with E-state index in [9.17, 15) is 4.79 Å². The van der Waals surface area contributed by atoms with E-state index in [0.29, 0.717) is 5.56 Å². The fourth-order valence-corrected chi connectivity index (χ4v) is 4.09. The van der Waals surface area contributed by atoms with Gasteiger partial charge in [-0.15, -0.1) is 0 Å². The molecule has 0 aliphatic carbocycles. The summed E-state index contributed by atoms with van der Waals surface area (Å²) < 4.78 is 7.32. The molecule has 2 aliphatic rings. The van der Waals surface area contributed by atoms with Crippen molar-refractivity contribution in [3.8, 4) is 0 Å². The molecule has 0 saturated carbocycles. The maximum absolute atomic E-state index is 12.6. The number of pyridine rings is 2.